The maximum atomic E-state index is 4.89. The molecule has 0 amide bonds. The number of rotatable bonds is 0. The molecule has 7 heavy (non-hydrogen) atoms. The van der Waals surface area contributed by atoms with Gasteiger partial charge in [0.25, 0.3) is 6.23 Å². The van der Waals surface area contributed by atoms with Gasteiger partial charge in [0.2, 0.25) is 0 Å². The average Bonchev–Trinajstić information content (AvgIpc) is 1.67. The molecule has 3 nitrogen and oxygen atoms in total. The highest BCUT2D eigenvalue weighted by Crippen LogP contribution is 2.21. The summed E-state index contributed by atoms with van der Waals surface area (Å²) in [7, 11) is 0. The predicted molar refractivity (Wildman–Crippen MR) is 24.0 cm³/mol. The van der Waals surface area contributed by atoms with Crippen molar-refractivity contribution in [3.05, 3.63) is 18.1 Å². The van der Waals surface area contributed by atoms with Crippen LogP contribution in [-0.2, 0) is 4.74 Å². The van der Waals surface area contributed by atoms with Crippen molar-refractivity contribution >= 4 is 6.21 Å². The molecule has 0 atom stereocenters. The van der Waals surface area contributed by atoms with Gasteiger partial charge in [0, 0.05) is 6.08 Å². The van der Waals surface area contributed by atoms with Crippen molar-refractivity contribution in [2.45, 2.75) is 0 Å². The highest BCUT2D eigenvalue weighted by atomic mass is 16.5. The van der Waals surface area contributed by atoms with Gasteiger partial charge in [-0.05, 0) is 0 Å². The van der Waals surface area contributed by atoms with E-state index in [4.69, 9.17) is 4.74 Å². The monoisotopic (exact) mass is 95.0 g/mol. The van der Waals surface area contributed by atoms with Crippen molar-refractivity contribution in [1.29, 1.82) is 0 Å². The molecule has 0 saturated carbocycles. The molecule has 35 valence electrons. The van der Waals surface area contributed by atoms with Gasteiger partial charge in [0.05, 0.1) is 6.21 Å². The van der Waals surface area contributed by atoms with E-state index in [9.17, 15) is 0 Å². The van der Waals surface area contributed by atoms with Crippen LogP contribution in [0.25, 0.3) is 0 Å². The van der Waals surface area contributed by atoms with E-state index in [-0.39, 0.29) is 0 Å². The van der Waals surface area contributed by atoms with Gasteiger partial charge in [-0.15, -0.1) is 0 Å². The van der Waals surface area contributed by atoms with Crippen molar-refractivity contribution in [2.75, 3.05) is 0 Å². The summed E-state index contributed by atoms with van der Waals surface area (Å²) in [5, 5.41) is 3.70. The van der Waals surface area contributed by atoms with Crippen molar-refractivity contribution in [1.82, 2.24) is 5.43 Å². The van der Waals surface area contributed by atoms with Crippen molar-refractivity contribution in [3.63, 3.8) is 0 Å². The Bertz CT molecular complexity index is 148. The summed E-state index contributed by atoms with van der Waals surface area (Å²) in [5.74, 6) is 0.841. The second-order valence-electron chi connectivity index (χ2n) is 1.38. The van der Waals surface area contributed by atoms with Crippen molar-refractivity contribution in [2.24, 2.45) is 5.10 Å². The Morgan fingerprint density at radius 1 is 1.71 bits per heavy atom. The Balaban J connectivity index is 2.36. The summed E-state index contributed by atoms with van der Waals surface area (Å²) in [6.45, 7) is 0. The van der Waals surface area contributed by atoms with Crippen LogP contribution < -0.4 is 5.43 Å². The molecule has 0 aromatic heterocycles. The Hall–Kier alpha value is -0.990. The van der Waals surface area contributed by atoms with Crippen molar-refractivity contribution < 1.29 is 4.74 Å². The zero-order valence-corrected chi connectivity index (χ0v) is 3.51. The lowest BCUT2D eigenvalue weighted by atomic mass is 10.3. The van der Waals surface area contributed by atoms with Gasteiger partial charge in [0.15, 0.2) is 0 Å². The van der Waals surface area contributed by atoms with Crippen LogP contribution >= 0.6 is 0 Å². The first-order valence-corrected chi connectivity index (χ1v) is 2.01. The van der Waals surface area contributed by atoms with Gasteiger partial charge >= 0.3 is 0 Å². The third-order valence-corrected chi connectivity index (χ3v) is 0.868. The number of fused-ring (bicyclic) bond motifs is 1. The first kappa shape index (κ1) is 3.07. The highest BCUT2D eigenvalue weighted by molar-refractivity contribution is 5.79. The molecule has 0 aliphatic carbocycles. The third-order valence-electron chi connectivity index (χ3n) is 0.868. The van der Waals surface area contributed by atoms with Crippen LogP contribution in [0.2, 0.25) is 0 Å². The molecule has 3 aliphatic heterocycles. The fraction of sp³-hybridized carbons (Fsp3) is 0. The maximum absolute atomic E-state index is 4.89. The average molecular weight is 95.1 g/mol. The Morgan fingerprint density at radius 3 is 2.71 bits per heavy atom. The smallest absolute Gasteiger partial charge is 0.283 e. The van der Waals surface area contributed by atoms with E-state index < -0.39 is 0 Å². The molecule has 1 N–H and O–H groups in total. The maximum Gasteiger partial charge on any atom is 0.283 e. The largest absolute Gasteiger partial charge is 0.454 e. The van der Waals surface area contributed by atoms with E-state index in [1.165, 1.54) is 0 Å². The summed E-state index contributed by atoms with van der Waals surface area (Å²) >= 11 is 0. The first-order valence-electron chi connectivity index (χ1n) is 2.01. The number of ether oxygens (including phenoxy) is 1. The summed E-state index contributed by atoms with van der Waals surface area (Å²) < 4.78 is 4.89. The number of nitrogens with one attached hydrogen (secondary N) is 1. The summed E-state index contributed by atoms with van der Waals surface area (Å²) in [4.78, 5) is 0. The summed E-state index contributed by atoms with van der Waals surface area (Å²) in [5.41, 5.74) is 2.64. The van der Waals surface area contributed by atoms with E-state index in [0.717, 1.165) is 12.0 Å². The second-order valence-corrected chi connectivity index (χ2v) is 1.38. The minimum Gasteiger partial charge on any atom is -0.454 e. The second kappa shape index (κ2) is 0.804. The third kappa shape index (κ3) is 0.268. The molecule has 3 heteroatoms. The number of allylic oxidation sites excluding steroid dienone is 1. The topological polar surface area (TPSA) is 33.6 Å². The van der Waals surface area contributed by atoms with Gasteiger partial charge in [-0.1, -0.05) is 0 Å². The number of nitrogens with zero attached hydrogens (tertiary/aromatic N) is 1. The fourth-order valence-corrected chi connectivity index (χ4v) is 0.535. The molecular weight excluding hydrogens is 92.1 g/mol. The van der Waals surface area contributed by atoms with E-state index in [1.54, 1.807) is 6.21 Å². The SMILES string of the molecule is C1=NN[C]2C=C1O2. The fourth-order valence-electron chi connectivity index (χ4n) is 0.535. The van der Waals surface area contributed by atoms with E-state index in [2.05, 4.69) is 10.5 Å². The number of hydrazone groups is 1. The van der Waals surface area contributed by atoms with E-state index >= 15 is 0 Å². The van der Waals surface area contributed by atoms with Gasteiger partial charge in [0.1, 0.15) is 5.76 Å². The molecule has 0 saturated heterocycles. The molecule has 3 heterocycles. The van der Waals surface area contributed by atoms with Gasteiger partial charge in [-0.2, -0.15) is 5.10 Å². The Kier molecular flexibility index (Phi) is 0.353. The van der Waals surface area contributed by atoms with Crippen LogP contribution in [0.5, 0.6) is 0 Å². The lowest BCUT2D eigenvalue weighted by molar-refractivity contribution is 0.182. The lowest BCUT2D eigenvalue weighted by Gasteiger charge is -2.25. The minimum absolute atomic E-state index is 0.748. The van der Waals surface area contributed by atoms with Crippen molar-refractivity contribution in [3.8, 4) is 0 Å². The summed E-state index contributed by atoms with van der Waals surface area (Å²) in [6.07, 6.45) is 4.26. The molecular formula is C4H3N2O. The molecule has 2 bridgehead atoms. The summed E-state index contributed by atoms with van der Waals surface area (Å²) in [6, 6.07) is 0. The molecule has 0 aromatic rings. The molecule has 0 aromatic carbocycles. The van der Waals surface area contributed by atoms with Crippen LogP contribution in [0.3, 0.4) is 0 Å². The Morgan fingerprint density at radius 2 is 2.57 bits per heavy atom. The van der Waals surface area contributed by atoms with Gasteiger partial charge in [-0.25, -0.2) is 0 Å². The first-order chi connectivity index (χ1) is 3.45. The molecule has 0 fully saturated rings. The molecule has 3 aliphatic rings. The van der Waals surface area contributed by atoms with E-state index in [1.807, 2.05) is 6.08 Å². The molecule has 0 unspecified atom stereocenters. The van der Waals surface area contributed by atoms with Crippen LogP contribution in [0.15, 0.2) is 16.9 Å². The molecule has 1 radical (unpaired) electrons. The standard InChI is InChI=1S/C4H3N2O/c1-3-2-5-6-4(1)7-3/h1-2,6H. The van der Waals surface area contributed by atoms with Crippen LogP contribution in [0.1, 0.15) is 0 Å². The zero-order valence-electron chi connectivity index (χ0n) is 3.51. The Labute approximate surface area is 40.7 Å². The lowest BCUT2D eigenvalue weighted by Crippen LogP contribution is -2.29. The zero-order chi connectivity index (χ0) is 4.69. The predicted octanol–water partition coefficient (Wildman–Crippen LogP) is -0.0210. The van der Waals surface area contributed by atoms with Crippen LogP contribution in [0.4, 0.5) is 0 Å². The number of hydrogen-bond acceptors (Lipinski definition) is 3. The molecule has 3 rings (SSSR count). The van der Waals surface area contributed by atoms with E-state index in [0.29, 0.717) is 0 Å². The van der Waals surface area contributed by atoms with Gasteiger partial charge in [-0.3, -0.25) is 5.43 Å². The normalized spacial score (nSPS) is 24.3. The van der Waals surface area contributed by atoms with Crippen LogP contribution in [0, 0.1) is 6.23 Å². The quantitative estimate of drug-likeness (QED) is 0.458. The minimum atomic E-state index is 0.748. The van der Waals surface area contributed by atoms with Gasteiger partial charge < -0.3 is 4.74 Å². The number of hydrogen-bond donors (Lipinski definition) is 1. The highest BCUT2D eigenvalue weighted by Gasteiger charge is 2.23. The van der Waals surface area contributed by atoms with Crippen LogP contribution in [-0.4, -0.2) is 6.21 Å². The molecule has 0 spiro atoms.